The summed E-state index contributed by atoms with van der Waals surface area (Å²) >= 11 is 1.87. The van der Waals surface area contributed by atoms with Gasteiger partial charge in [-0.05, 0) is 30.1 Å². The van der Waals surface area contributed by atoms with Crippen LogP contribution in [-0.2, 0) is 0 Å². The van der Waals surface area contributed by atoms with Crippen LogP contribution in [0.15, 0.2) is 18.2 Å². The molecule has 96 valence electrons. The summed E-state index contributed by atoms with van der Waals surface area (Å²) in [5, 5.41) is 22.6. The highest BCUT2D eigenvalue weighted by Gasteiger charge is 2.13. The molecule has 1 aromatic rings. The van der Waals surface area contributed by atoms with E-state index in [1.54, 1.807) is 6.07 Å². The van der Waals surface area contributed by atoms with Crippen molar-refractivity contribution >= 4 is 23.1 Å². The molecule has 0 spiro atoms. The predicted octanol–water partition coefficient (Wildman–Crippen LogP) is 3.02. The van der Waals surface area contributed by atoms with Crippen LogP contribution in [0.5, 0.6) is 0 Å². The Balaban J connectivity index is 2.60. The smallest absolute Gasteiger partial charge is 0.289 e. The minimum atomic E-state index is -0.531. The summed E-state index contributed by atoms with van der Waals surface area (Å²) in [7, 11) is 0. The number of nitriles is 1. The van der Waals surface area contributed by atoms with Gasteiger partial charge in [0.2, 0.25) is 0 Å². The van der Waals surface area contributed by atoms with Crippen LogP contribution >= 0.6 is 11.8 Å². The first-order valence-corrected chi connectivity index (χ1v) is 6.84. The number of nitro benzene ring substituents is 1. The molecule has 0 aliphatic carbocycles. The first-order valence-electron chi connectivity index (χ1n) is 5.69. The van der Waals surface area contributed by atoms with Crippen LogP contribution in [0.1, 0.15) is 18.9 Å². The fourth-order valence-corrected chi connectivity index (χ4v) is 2.08. The first kappa shape index (κ1) is 14.3. The zero-order valence-corrected chi connectivity index (χ0v) is 11.0. The molecule has 1 rings (SSSR count). The minimum Gasteiger partial charge on any atom is -0.385 e. The van der Waals surface area contributed by atoms with E-state index < -0.39 is 4.92 Å². The molecule has 0 saturated carbocycles. The summed E-state index contributed by atoms with van der Waals surface area (Å²) < 4.78 is 0. The average molecular weight is 265 g/mol. The van der Waals surface area contributed by atoms with Gasteiger partial charge in [0.25, 0.3) is 5.69 Å². The van der Waals surface area contributed by atoms with E-state index in [0.29, 0.717) is 5.69 Å². The lowest BCUT2D eigenvalue weighted by molar-refractivity contribution is -0.385. The highest BCUT2D eigenvalue weighted by Crippen LogP contribution is 2.22. The number of hydrogen-bond acceptors (Lipinski definition) is 5. The van der Waals surface area contributed by atoms with E-state index in [4.69, 9.17) is 5.26 Å². The van der Waals surface area contributed by atoms with Gasteiger partial charge in [0.15, 0.2) is 0 Å². The van der Waals surface area contributed by atoms with Crippen LogP contribution in [0.25, 0.3) is 0 Å². The van der Waals surface area contributed by atoms with Crippen molar-refractivity contribution in [2.75, 3.05) is 23.4 Å². The Hall–Kier alpha value is -1.74. The normalized spacial score (nSPS) is 9.78. The maximum atomic E-state index is 10.8. The largest absolute Gasteiger partial charge is 0.385 e. The van der Waals surface area contributed by atoms with Gasteiger partial charge < -0.3 is 5.32 Å². The van der Waals surface area contributed by atoms with Crippen molar-refractivity contribution < 1.29 is 4.92 Å². The van der Waals surface area contributed by atoms with Gasteiger partial charge in [-0.3, -0.25) is 10.1 Å². The second-order valence-corrected chi connectivity index (χ2v) is 4.97. The summed E-state index contributed by atoms with van der Waals surface area (Å²) in [6.07, 6.45) is 1.01. The molecule has 0 unspecified atom stereocenters. The van der Waals surface area contributed by atoms with Crippen molar-refractivity contribution in [2.45, 2.75) is 13.3 Å². The molecule has 0 heterocycles. The number of thioether (sulfide) groups is 1. The van der Waals surface area contributed by atoms with Gasteiger partial charge in [0.05, 0.1) is 4.92 Å². The Labute approximate surface area is 110 Å². The lowest BCUT2D eigenvalue weighted by Gasteiger charge is -2.06. The number of nitro groups is 1. The second-order valence-electron chi connectivity index (χ2n) is 3.58. The molecule has 1 aromatic carbocycles. The van der Waals surface area contributed by atoms with Crippen molar-refractivity contribution in [3.63, 3.8) is 0 Å². The van der Waals surface area contributed by atoms with Gasteiger partial charge in [-0.2, -0.15) is 17.0 Å². The molecule has 0 saturated heterocycles. The van der Waals surface area contributed by atoms with E-state index in [0.717, 1.165) is 24.5 Å². The molecule has 0 bridgehead atoms. The Morgan fingerprint density at radius 2 is 2.33 bits per heavy atom. The van der Waals surface area contributed by atoms with Crippen LogP contribution in [0.3, 0.4) is 0 Å². The van der Waals surface area contributed by atoms with Crippen molar-refractivity contribution in [3.8, 4) is 6.07 Å². The topological polar surface area (TPSA) is 79.0 Å². The van der Waals surface area contributed by atoms with E-state index in [9.17, 15) is 10.1 Å². The zero-order chi connectivity index (χ0) is 13.4. The first-order chi connectivity index (χ1) is 8.69. The van der Waals surface area contributed by atoms with E-state index in [1.807, 2.05) is 17.8 Å². The predicted molar refractivity (Wildman–Crippen MR) is 73.9 cm³/mol. The zero-order valence-electron chi connectivity index (χ0n) is 10.2. The number of anilines is 1. The van der Waals surface area contributed by atoms with Crippen molar-refractivity contribution in [3.05, 3.63) is 33.9 Å². The third-order valence-corrected chi connectivity index (χ3v) is 3.30. The molecule has 5 nitrogen and oxygen atoms in total. The van der Waals surface area contributed by atoms with Crippen LogP contribution in [0.4, 0.5) is 11.4 Å². The van der Waals surface area contributed by atoms with E-state index in [-0.39, 0.29) is 11.3 Å². The van der Waals surface area contributed by atoms with Gasteiger partial charge in [-0.15, -0.1) is 0 Å². The third kappa shape index (κ3) is 4.26. The Bertz CT molecular complexity index is 457. The van der Waals surface area contributed by atoms with Crippen molar-refractivity contribution in [1.29, 1.82) is 5.26 Å². The number of nitrogens with zero attached hydrogens (tertiary/aromatic N) is 2. The van der Waals surface area contributed by atoms with Crippen LogP contribution in [0.2, 0.25) is 0 Å². The molecule has 0 aliphatic heterocycles. The Morgan fingerprint density at radius 3 is 2.94 bits per heavy atom. The molecule has 0 radical (unpaired) electrons. The minimum absolute atomic E-state index is 0.0899. The average Bonchev–Trinajstić information content (AvgIpc) is 2.38. The fraction of sp³-hybridized carbons (Fsp3) is 0.417. The van der Waals surface area contributed by atoms with E-state index in [2.05, 4.69) is 12.2 Å². The maximum Gasteiger partial charge on any atom is 0.289 e. The van der Waals surface area contributed by atoms with Crippen LogP contribution in [0, 0.1) is 21.4 Å². The quantitative estimate of drug-likeness (QED) is 0.465. The highest BCUT2D eigenvalue weighted by atomic mass is 32.2. The van der Waals surface area contributed by atoms with Gasteiger partial charge in [0, 0.05) is 18.3 Å². The molecule has 18 heavy (non-hydrogen) atoms. The lowest BCUT2D eigenvalue weighted by Crippen LogP contribution is -2.03. The standard InChI is InChI=1S/C12H15N3O2S/c1-2-18-7-3-6-14-11-5-4-10(9-13)12(8-11)15(16)17/h4-5,8,14H,2-3,6-7H2,1H3. The molecule has 0 aliphatic rings. The van der Waals surface area contributed by atoms with Crippen LogP contribution in [-0.4, -0.2) is 23.0 Å². The molecule has 6 heteroatoms. The number of hydrogen-bond donors (Lipinski definition) is 1. The molecular formula is C12H15N3O2S. The van der Waals surface area contributed by atoms with Gasteiger partial charge in [-0.1, -0.05) is 6.92 Å². The molecular weight excluding hydrogens is 250 g/mol. The monoisotopic (exact) mass is 265 g/mol. The third-order valence-electron chi connectivity index (χ3n) is 2.31. The number of rotatable bonds is 7. The summed E-state index contributed by atoms with van der Waals surface area (Å²) in [4.78, 5) is 10.2. The summed E-state index contributed by atoms with van der Waals surface area (Å²) in [5.74, 6) is 2.17. The molecule has 0 aromatic heterocycles. The van der Waals surface area contributed by atoms with E-state index in [1.165, 1.54) is 12.1 Å². The Kier molecular flexibility index (Phi) is 6.01. The SMILES string of the molecule is CCSCCCNc1ccc(C#N)c([N+](=O)[O-])c1. The van der Waals surface area contributed by atoms with Gasteiger partial charge in [-0.25, -0.2) is 0 Å². The molecule has 0 amide bonds. The summed E-state index contributed by atoms with van der Waals surface area (Å²) in [6, 6.07) is 6.39. The highest BCUT2D eigenvalue weighted by molar-refractivity contribution is 7.99. The fourth-order valence-electron chi connectivity index (χ4n) is 1.44. The summed E-state index contributed by atoms with van der Waals surface area (Å²) in [5.41, 5.74) is 0.625. The van der Waals surface area contributed by atoms with Crippen molar-refractivity contribution in [2.24, 2.45) is 0 Å². The number of nitrogens with one attached hydrogen (secondary N) is 1. The van der Waals surface area contributed by atoms with Crippen LogP contribution < -0.4 is 5.32 Å². The molecule has 1 N–H and O–H groups in total. The molecule has 0 atom stereocenters. The summed E-state index contributed by atoms with van der Waals surface area (Å²) in [6.45, 7) is 2.89. The maximum absolute atomic E-state index is 10.8. The lowest BCUT2D eigenvalue weighted by atomic mass is 10.2. The molecule has 0 fully saturated rings. The second kappa shape index (κ2) is 7.56. The van der Waals surface area contributed by atoms with Gasteiger partial charge >= 0.3 is 0 Å². The number of benzene rings is 1. The van der Waals surface area contributed by atoms with Gasteiger partial charge in [0.1, 0.15) is 11.6 Å². The Morgan fingerprint density at radius 1 is 1.56 bits per heavy atom. The van der Waals surface area contributed by atoms with Crippen molar-refractivity contribution in [1.82, 2.24) is 0 Å². The van der Waals surface area contributed by atoms with E-state index >= 15 is 0 Å².